The van der Waals surface area contributed by atoms with E-state index in [1.165, 1.54) is 6.07 Å². The standard InChI is InChI=1S/C18H21NO5/c1-11-14-5-4-12(20)9-16(14)24-18(22)15(11)6-7-17(21)19-10-13-3-2-8-23-13/h4-5,9,13,20H,2-3,6-8,10H2,1H3,(H,19,21)/t13-/m0/s1. The number of benzene rings is 1. The van der Waals surface area contributed by atoms with Crippen molar-refractivity contribution in [2.24, 2.45) is 0 Å². The molecule has 1 aromatic heterocycles. The summed E-state index contributed by atoms with van der Waals surface area (Å²) >= 11 is 0. The summed E-state index contributed by atoms with van der Waals surface area (Å²) in [6, 6.07) is 4.68. The number of phenols is 1. The number of amides is 1. The van der Waals surface area contributed by atoms with Crippen molar-refractivity contribution in [2.75, 3.05) is 13.2 Å². The summed E-state index contributed by atoms with van der Waals surface area (Å²) < 4.78 is 10.7. The molecule has 0 unspecified atom stereocenters. The molecule has 1 aliphatic rings. The normalized spacial score (nSPS) is 17.3. The summed E-state index contributed by atoms with van der Waals surface area (Å²) in [4.78, 5) is 24.1. The molecule has 128 valence electrons. The molecule has 1 aliphatic heterocycles. The van der Waals surface area contributed by atoms with Crippen LogP contribution in [0.15, 0.2) is 27.4 Å². The molecule has 0 saturated carbocycles. The van der Waals surface area contributed by atoms with Crippen molar-refractivity contribution < 1.29 is 19.1 Å². The number of carbonyl (C=O) groups is 1. The van der Waals surface area contributed by atoms with E-state index in [1.54, 1.807) is 12.1 Å². The van der Waals surface area contributed by atoms with Gasteiger partial charge in [-0.2, -0.15) is 0 Å². The lowest BCUT2D eigenvalue weighted by atomic mass is 10.0. The number of ether oxygens (including phenoxy) is 1. The molecule has 2 heterocycles. The fourth-order valence-electron chi connectivity index (χ4n) is 3.03. The highest BCUT2D eigenvalue weighted by Gasteiger charge is 2.17. The number of fused-ring (bicyclic) bond motifs is 1. The summed E-state index contributed by atoms with van der Waals surface area (Å²) in [6.07, 6.45) is 2.66. The number of rotatable bonds is 5. The second kappa shape index (κ2) is 7.05. The van der Waals surface area contributed by atoms with Gasteiger partial charge in [-0.3, -0.25) is 4.79 Å². The van der Waals surface area contributed by atoms with Crippen LogP contribution in [-0.4, -0.2) is 30.3 Å². The molecule has 0 aliphatic carbocycles. The zero-order chi connectivity index (χ0) is 17.1. The van der Waals surface area contributed by atoms with Crippen molar-refractivity contribution >= 4 is 16.9 Å². The lowest BCUT2D eigenvalue weighted by Gasteiger charge is -2.11. The van der Waals surface area contributed by atoms with Gasteiger partial charge in [0.25, 0.3) is 0 Å². The van der Waals surface area contributed by atoms with Crippen molar-refractivity contribution in [1.29, 1.82) is 0 Å². The average molecular weight is 331 g/mol. The summed E-state index contributed by atoms with van der Waals surface area (Å²) in [7, 11) is 0. The van der Waals surface area contributed by atoms with E-state index in [1.807, 2.05) is 6.92 Å². The van der Waals surface area contributed by atoms with E-state index in [4.69, 9.17) is 9.15 Å². The van der Waals surface area contributed by atoms with Crippen molar-refractivity contribution in [3.63, 3.8) is 0 Å². The lowest BCUT2D eigenvalue weighted by Crippen LogP contribution is -2.32. The van der Waals surface area contributed by atoms with Crippen LogP contribution in [-0.2, 0) is 16.0 Å². The Balaban J connectivity index is 1.67. The zero-order valence-corrected chi connectivity index (χ0v) is 13.6. The Morgan fingerprint density at radius 1 is 1.42 bits per heavy atom. The molecule has 2 N–H and O–H groups in total. The molecule has 1 aromatic carbocycles. The fourth-order valence-corrected chi connectivity index (χ4v) is 3.03. The minimum absolute atomic E-state index is 0.0475. The van der Waals surface area contributed by atoms with Crippen LogP contribution in [0.25, 0.3) is 11.0 Å². The summed E-state index contributed by atoms with van der Waals surface area (Å²) in [5, 5.41) is 13.1. The number of aryl methyl sites for hydroxylation is 1. The first kappa shape index (κ1) is 16.5. The monoisotopic (exact) mass is 331 g/mol. The number of hydrogen-bond donors (Lipinski definition) is 2. The Kier molecular flexibility index (Phi) is 4.85. The van der Waals surface area contributed by atoms with Gasteiger partial charge >= 0.3 is 5.63 Å². The van der Waals surface area contributed by atoms with E-state index >= 15 is 0 Å². The minimum atomic E-state index is -0.461. The molecule has 1 atom stereocenters. The molecule has 2 aromatic rings. The van der Waals surface area contributed by atoms with Crippen molar-refractivity contribution in [3.05, 3.63) is 39.7 Å². The topological polar surface area (TPSA) is 88.8 Å². The molecule has 6 nitrogen and oxygen atoms in total. The fraction of sp³-hybridized carbons (Fsp3) is 0.444. The minimum Gasteiger partial charge on any atom is -0.508 e. The average Bonchev–Trinajstić information content (AvgIpc) is 3.05. The quantitative estimate of drug-likeness (QED) is 0.819. The van der Waals surface area contributed by atoms with Gasteiger partial charge in [0.2, 0.25) is 5.91 Å². The first-order chi connectivity index (χ1) is 11.5. The Morgan fingerprint density at radius 2 is 2.25 bits per heavy atom. The van der Waals surface area contributed by atoms with Gasteiger partial charge in [0, 0.05) is 36.6 Å². The van der Waals surface area contributed by atoms with E-state index in [-0.39, 0.29) is 24.2 Å². The molecule has 1 amide bonds. The van der Waals surface area contributed by atoms with Crippen LogP contribution in [0, 0.1) is 6.92 Å². The lowest BCUT2D eigenvalue weighted by molar-refractivity contribution is -0.121. The van der Waals surface area contributed by atoms with Gasteiger partial charge in [-0.1, -0.05) is 0 Å². The van der Waals surface area contributed by atoms with Crippen LogP contribution >= 0.6 is 0 Å². The molecular formula is C18H21NO5. The molecule has 24 heavy (non-hydrogen) atoms. The molecular weight excluding hydrogens is 310 g/mol. The predicted octanol–water partition coefficient (Wildman–Crippen LogP) is 2.03. The van der Waals surface area contributed by atoms with E-state index in [9.17, 15) is 14.7 Å². The second-order valence-electron chi connectivity index (χ2n) is 6.11. The van der Waals surface area contributed by atoms with Gasteiger partial charge in [0.15, 0.2) is 0 Å². The summed E-state index contributed by atoms with van der Waals surface area (Å²) in [6.45, 7) is 3.10. The third kappa shape index (κ3) is 3.59. The number of nitrogens with one attached hydrogen (secondary N) is 1. The van der Waals surface area contributed by atoms with Crippen molar-refractivity contribution in [2.45, 2.75) is 38.7 Å². The third-order valence-corrected chi connectivity index (χ3v) is 4.42. The van der Waals surface area contributed by atoms with Crippen LogP contribution in [0.1, 0.15) is 30.4 Å². The smallest absolute Gasteiger partial charge is 0.339 e. The van der Waals surface area contributed by atoms with Crippen molar-refractivity contribution in [1.82, 2.24) is 5.32 Å². The maximum absolute atomic E-state index is 12.1. The van der Waals surface area contributed by atoms with Crippen LogP contribution in [0.2, 0.25) is 0 Å². The van der Waals surface area contributed by atoms with E-state index in [0.717, 1.165) is 30.4 Å². The van der Waals surface area contributed by atoms with E-state index < -0.39 is 5.63 Å². The zero-order valence-electron chi connectivity index (χ0n) is 13.6. The Hall–Kier alpha value is -2.34. The van der Waals surface area contributed by atoms with Gasteiger partial charge in [-0.05, 0) is 43.9 Å². The van der Waals surface area contributed by atoms with Crippen molar-refractivity contribution in [3.8, 4) is 5.75 Å². The predicted molar refractivity (Wildman–Crippen MR) is 89.2 cm³/mol. The second-order valence-corrected chi connectivity index (χ2v) is 6.11. The SMILES string of the molecule is Cc1c(CCC(=O)NC[C@@H]2CCCO2)c(=O)oc2cc(O)ccc12. The molecule has 1 fully saturated rings. The van der Waals surface area contributed by atoms with Gasteiger partial charge in [-0.15, -0.1) is 0 Å². The third-order valence-electron chi connectivity index (χ3n) is 4.42. The summed E-state index contributed by atoms with van der Waals surface area (Å²) in [5.41, 5.74) is 1.18. The Morgan fingerprint density at radius 3 is 3.00 bits per heavy atom. The number of phenolic OH excluding ortho intramolecular Hbond substituents is 1. The van der Waals surface area contributed by atoms with Gasteiger partial charge in [0.05, 0.1) is 6.10 Å². The Bertz CT molecular complexity index is 805. The van der Waals surface area contributed by atoms with E-state index in [2.05, 4.69) is 5.32 Å². The van der Waals surface area contributed by atoms with Crippen LogP contribution in [0.4, 0.5) is 0 Å². The first-order valence-electron chi connectivity index (χ1n) is 8.18. The van der Waals surface area contributed by atoms with Gasteiger partial charge in [0.1, 0.15) is 11.3 Å². The maximum atomic E-state index is 12.1. The highest BCUT2D eigenvalue weighted by Crippen LogP contribution is 2.23. The largest absolute Gasteiger partial charge is 0.508 e. The number of hydrogen-bond acceptors (Lipinski definition) is 5. The summed E-state index contributed by atoms with van der Waals surface area (Å²) in [5.74, 6) is -0.0542. The first-order valence-corrected chi connectivity index (χ1v) is 8.18. The van der Waals surface area contributed by atoms with Crippen LogP contribution < -0.4 is 10.9 Å². The number of carbonyl (C=O) groups excluding carboxylic acids is 1. The molecule has 0 spiro atoms. The van der Waals surface area contributed by atoms with Gasteiger partial charge in [-0.25, -0.2) is 4.79 Å². The molecule has 3 rings (SSSR count). The van der Waals surface area contributed by atoms with Crippen LogP contribution in [0.5, 0.6) is 5.75 Å². The Labute approximate surface area is 139 Å². The molecule has 0 bridgehead atoms. The number of aromatic hydroxyl groups is 1. The van der Waals surface area contributed by atoms with Gasteiger partial charge < -0.3 is 19.6 Å². The van der Waals surface area contributed by atoms with E-state index in [0.29, 0.717) is 24.1 Å². The molecule has 0 radical (unpaired) electrons. The molecule has 6 heteroatoms. The highest BCUT2D eigenvalue weighted by molar-refractivity contribution is 5.82. The van der Waals surface area contributed by atoms with Crippen LogP contribution in [0.3, 0.4) is 0 Å². The molecule has 1 saturated heterocycles. The maximum Gasteiger partial charge on any atom is 0.339 e. The highest BCUT2D eigenvalue weighted by atomic mass is 16.5.